The summed E-state index contributed by atoms with van der Waals surface area (Å²) in [5.74, 6) is -0.412. The monoisotopic (exact) mass is 255 g/mol. The molecule has 0 aromatic heterocycles. The molecular weight excluding hydrogens is 238 g/mol. The van der Waals surface area contributed by atoms with E-state index in [4.69, 9.17) is 11.5 Å². The summed E-state index contributed by atoms with van der Waals surface area (Å²) in [5, 5.41) is 0. The largest absolute Gasteiger partial charge is 0.399 e. The molecule has 0 fully saturated rings. The third-order valence-corrected chi connectivity index (χ3v) is 2.96. The molecule has 4 heteroatoms. The van der Waals surface area contributed by atoms with Crippen LogP contribution >= 0.6 is 0 Å². The van der Waals surface area contributed by atoms with Gasteiger partial charge in [0.1, 0.15) is 0 Å². The zero-order valence-electron chi connectivity index (χ0n) is 10.8. The topological polar surface area (TPSA) is 72.3 Å². The second kappa shape index (κ2) is 5.44. The Hall–Kier alpha value is -2.49. The average molecular weight is 255 g/mol. The third-order valence-electron chi connectivity index (χ3n) is 2.96. The van der Waals surface area contributed by atoms with Crippen molar-refractivity contribution in [1.29, 1.82) is 0 Å². The maximum absolute atomic E-state index is 11.0. The molecule has 2 rings (SSSR count). The number of carbonyl (C=O) groups is 1. The predicted octanol–water partition coefficient (Wildman–Crippen LogP) is 2.00. The number of nitrogens with two attached hydrogens (primary N) is 2. The number of anilines is 2. The fraction of sp³-hybridized carbons (Fsp3) is 0.133. The minimum Gasteiger partial charge on any atom is -0.399 e. The highest BCUT2D eigenvalue weighted by atomic mass is 16.1. The van der Waals surface area contributed by atoms with E-state index in [0.717, 1.165) is 23.5 Å². The van der Waals surface area contributed by atoms with Gasteiger partial charge in [-0.2, -0.15) is 0 Å². The first-order valence-corrected chi connectivity index (χ1v) is 6.01. The van der Waals surface area contributed by atoms with Gasteiger partial charge in [-0.1, -0.05) is 12.1 Å². The molecule has 0 radical (unpaired) electrons. The van der Waals surface area contributed by atoms with Gasteiger partial charge < -0.3 is 16.4 Å². The minimum absolute atomic E-state index is 0.412. The van der Waals surface area contributed by atoms with Gasteiger partial charge in [-0.25, -0.2) is 0 Å². The van der Waals surface area contributed by atoms with Gasteiger partial charge in [0, 0.05) is 30.5 Å². The van der Waals surface area contributed by atoms with Crippen molar-refractivity contribution in [3.05, 3.63) is 59.7 Å². The van der Waals surface area contributed by atoms with E-state index in [-0.39, 0.29) is 0 Å². The molecule has 0 bridgehead atoms. The zero-order chi connectivity index (χ0) is 13.8. The number of hydrogen-bond donors (Lipinski definition) is 2. The molecule has 98 valence electrons. The number of rotatable bonds is 4. The van der Waals surface area contributed by atoms with Crippen LogP contribution in [0.3, 0.4) is 0 Å². The summed E-state index contributed by atoms with van der Waals surface area (Å²) in [4.78, 5) is 13.1. The maximum atomic E-state index is 11.0. The summed E-state index contributed by atoms with van der Waals surface area (Å²) in [5.41, 5.74) is 14.4. The molecule has 1 amide bonds. The van der Waals surface area contributed by atoms with E-state index >= 15 is 0 Å². The van der Waals surface area contributed by atoms with Crippen LogP contribution in [0.2, 0.25) is 0 Å². The summed E-state index contributed by atoms with van der Waals surface area (Å²) in [6, 6.07) is 15.0. The number of hydrogen-bond acceptors (Lipinski definition) is 3. The molecule has 4 nitrogen and oxygen atoms in total. The normalized spacial score (nSPS) is 10.2. The van der Waals surface area contributed by atoms with E-state index in [2.05, 4.69) is 4.90 Å². The van der Waals surface area contributed by atoms with Gasteiger partial charge in [-0.15, -0.1) is 0 Å². The van der Waals surface area contributed by atoms with Crippen molar-refractivity contribution >= 4 is 17.3 Å². The van der Waals surface area contributed by atoms with Crippen LogP contribution in [-0.2, 0) is 6.54 Å². The molecule has 4 N–H and O–H groups in total. The Morgan fingerprint density at radius 1 is 1.16 bits per heavy atom. The summed E-state index contributed by atoms with van der Waals surface area (Å²) in [6.07, 6.45) is 0. The van der Waals surface area contributed by atoms with Crippen molar-refractivity contribution in [1.82, 2.24) is 0 Å². The van der Waals surface area contributed by atoms with Crippen LogP contribution in [0.5, 0.6) is 0 Å². The zero-order valence-corrected chi connectivity index (χ0v) is 10.8. The standard InChI is InChI=1S/C15H17N3O/c1-18(10-11-3-2-4-13(16)9-11)14-7-5-12(6-8-14)15(17)19/h2-9H,10,16H2,1H3,(H2,17,19). The van der Waals surface area contributed by atoms with Crippen molar-refractivity contribution in [2.45, 2.75) is 6.54 Å². The lowest BCUT2D eigenvalue weighted by atomic mass is 10.1. The molecule has 0 aliphatic heterocycles. The Labute approximate surface area is 112 Å². The van der Waals surface area contributed by atoms with E-state index in [1.54, 1.807) is 12.1 Å². The first-order valence-electron chi connectivity index (χ1n) is 6.01. The average Bonchev–Trinajstić information content (AvgIpc) is 2.39. The van der Waals surface area contributed by atoms with Gasteiger partial charge in [0.15, 0.2) is 0 Å². The van der Waals surface area contributed by atoms with E-state index in [9.17, 15) is 4.79 Å². The first-order chi connectivity index (χ1) is 9.06. The van der Waals surface area contributed by atoms with E-state index in [1.165, 1.54) is 0 Å². The number of nitrogens with zero attached hydrogens (tertiary/aromatic N) is 1. The van der Waals surface area contributed by atoms with Crippen molar-refractivity contribution in [3.63, 3.8) is 0 Å². The molecule has 0 saturated heterocycles. The van der Waals surface area contributed by atoms with Gasteiger partial charge >= 0.3 is 0 Å². The lowest BCUT2D eigenvalue weighted by Gasteiger charge is -2.19. The molecule has 0 aliphatic carbocycles. The van der Waals surface area contributed by atoms with E-state index in [1.807, 2.05) is 43.4 Å². The number of primary amides is 1. The van der Waals surface area contributed by atoms with Gasteiger partial charge in [0.2, 0.25) is 5.91 Å². The lowest BCUT2D eigenvalue weighted by molar-refractivity contribution is 0.100. The summed E-state index contributed by atoms with van der Waals surface area (Å²) < 4.78 is 0. The molecule has 2 aromatic rings. The summed E-state index contributed by atoms with van der Waals surface area (Å²) in [6.45, 7) is 0.751. The molecule has 0 saturated carbocycles. The van der Waals surface area contributed by atoms with Crippen LogP contribution in [-0.4, -0.2) is 13.0 Å². The molecule has 0 unspecified atom stereocenters. The van der Waals surface area contributed by atoms with Crippen LogP contribution in [0, 0.1) is 0 Å². The van der Waals surface area contributed by atoms with Gasteiger partial charge in [0.05, 0.1) is 0 Å². The van der Waals surface area contributed by atoms with Crippen molar-refractivity contribution in [2.75, 3.05) is 17.7 Å². The van der Waals surface area contributed by atoms with Gasteiger partial charge in [-0.05, 0) is 42.0 Å². The quantitative estimate of drug-likeness (QED) is 0.821. The lowest BCUT2D eigenvalue weighted by Crippen LogP contribution is -2.17. The van der Waals surface area contributed by atoms with Crippen LogP contribution < -0.4 is 16.4 Å². The fourth-order valence-electron chi connectivity index (χ4n) is 1.94. The van der Waals surface area contributed by atoms with Crippen molar-refractivity contribution in [3.8, 4) is 0 Å². The van der Waals surface area contributed by atoms with Crippen LogP contribution in [0.1, 0.15) is 15.9 Å². The Kier molecular flexibility index (Phi) is 3.71. The Morgan fingerprint density at radius 3 is 2.42 bits per heavy atom. The number of benzene rings is 2. The predicted molar refractivity (Wildman–Crippen MR) is 77.9 cm³/mol. The van der Waals surface area contributed by atoms with E-state index < -0.39 is 5.91 Å². The summed E-state index contributed by atoms with van der Waals surface area (Å²) >= 11 is 0. The van der Waals surface area contributed by atoms with Gasteiger partial charge in [0.25, 0.3) is 0 Å². The highest BCUT2D eigenvalue weighted by Gasteiger charge is 2.04. The highest BCUT2D eigenvalue weighted by molar-refractivity contribution is 5.93. The van der Waals surface area contributed by atoms with Crippen LogP contribution in [0.4, 0.5) is 11.4 Å². The molecule has 19 heavy (non-hydrogen) atoms. The van der Waals surface area contributed by atoms with Gasteiger partial charge in [-0.3, -0.25) is 4.79 Å². The maximum Gasteiger partial charge on any atom is 0.248 e. The number of carbonyl (C=O) groups excluding carboxylic acids is 1. The minimum atomic E-state index is -0.412. The molecule has 0 heterocycles. The SMILES string of the molecule is CN(Cc1cccc(N)c1)c1ccc(C(N)=O)cc1. The Bertz CT molecular complexity index is 578. The number of nitrogen functional groups attached to an aromatic ring is 1. The smallest absolute Gasteiger partial charge is 0.248 e. The third kappa shape index (κ3) is 3.25. The second-order valence-electron chi connectivity index (χ2n) is 4.51. The highest BCUT2D eigenvalue weighted by Crippen LogP contribution is 2.17. The second-order valence-corrected chi connectivity index (χ2v) is 4.51. The molecule has 0 spiro atoms. The van der Waals surface area contributed by atoms with Crippen LogP contribution in [0.25, 0.3) is 0 Å². The molecule has 0 aliphatic rings. The Morgan fingerprint density at radius 2 is 1.84 bits per heavy atom. The van der Waals surface area contributed by atoms with Crippen molar-refractivity contribution < 1.29 is 4.79 Å². The number of amides is 1. The fourth-order valence-corrected chi connectivity index (χ4v) is 1.94. The molecular formula is C15H17N3O. The summed E-state index contributed by atoms with van der Waals surface area (Å²) in [7, 11) is 1.99. The van der Waals surface area contributed by atoms with Crippen LogP contribution in [0.15, 0.2) is 48.5 Å². The van der Waals surface area contributed by atoms with E-state index in [0.29, 0.717) is 5.56 Å². The molecule has 2 aromatic carbocycles. The van der Waals surface area contributed by atoms with Crippen molar-refractivity contribution in [2.24, 2.45) is 5.73 Å². The Balaban J connectivity index is 2.11. The first kappa shape index (κ1) is 13.0. The molecule has 0 atom stereocenters.